The third-order valence-corrected chi connectivity index (χ3v) is 4.97. The molecule has 0 amide bonds. The second kappa shape index (κ2) is 5.88. The van der Waals surface area contributed by atoms with Crippen LogP contribution in [0.4, 0.5) is 0 Å². The molecule has 0 saturated heterocycles. The molecule has 1 unspecified atom stereocenters. The van der Waals surface area contributed by atoms with E-state index in [2.05, 4.69) is 45.0 Å². The Morgan fingerprint density at radius 1 is 1.23 bits per heavy atom. The fourth-order valence-corrected chi connectivity index (χ4v) is 3.79. The third kappa shape index (κ3) is 2.24. The van der Waals surface area contributed by atoms with E-state index in [0.717, 1.165) is 34.4 Å². The van der Waals surface area contributed by atoms with Crippen molar-refractivity contribution in [2.24, 2.45) is 5.16 Å². The Labute approximate surface area is 150 Å². The van der Waals surface area contributed by atoms with Crippen molar-refractivity contribution in [3.05, 3.63) is 78.4 Å². The molecule has 0 fully saturated rings. The second-order valence-corrected chi connectivity index (χ2v) is 6.39. The van der Waals surface area contributed by atoms with Gasteiger partial charge in [0.05, 0.1) is 36.2 Å². The summed E-state index contributed by atoms with van der Waals surface area (Å²) >= 11 is 0. The highest BCUT2D eigenvalue weighted by Gasteiger charge is 2.29. The molecule has 5 rings (SSSR count). The molecular formula is C21H17N3O2. The molecule has 0 spiro atoms. The van der Waals surface area contributed by atoms with Crippen molar-refractivity contribution in [3.8, 4) is 11.3 Å². The van der Waals surface area contributed by atoms with Crippen LogP contribution < -0.4 is 0 Å². The number of furan rings is 1. The zero-order chi connectivity index (χ0) is 17.5. The summed E-state index contributed by atoms with van der Waals surface area (Å²) in [7, 11) is 1.58. The van der Waals surface area contributed by atoms with Crippen LogP contribution in [0.2, 0.25) is 0 Å². The molecule has 2 aromatic heterocycles. The van der Waals surface area contributed by atoms with Gasteiger partial charge in [-0.05, 0) is 29.8 Å². The van der Waals surface area contributed by atoms with Crippen molar-refractivity contribution in [1.29, 1.82) is 0 Å². The summed E-state index contributed by atoms with van der Waals surface area (Å²) in [6.07, 6.45) is 6.23. The predicted octanol–water partition coefficient (Wildman–Crippen LogP) is 4.64. The van der Waals surface area contributed by atoms with E-state index in [4.69, 9.17) is 9.25 Å². The number of oxime groups is 1. The van der Waals surface area contributed by atoms with Crippen molar-refractivity contribution in [2.45, 2.75) is 12.5 Å². The lowest BCUT2D eigenvalue weighted by atomic mass is 9.96. The molecule has 26 heavy (non-hydrogen) atoms. The molecule has 0 bridgehead atoms. The van der Waals surface area contributed by atoms with E-state index < -0.39 is 0 Å². The van der Waals surface area contributed by atoms with Crippen molar-refractivity contribution in [1.82, 2.24) is 9.55 Å². The monoisotopic (exact) mass is 343 g/mol. The van der Waals surface area contributed by atoms with Crippen LogP contribution in [0.15, 0.2) is 76.9 Å². The van der Waals surface area contributed by atoms with Gasteiger partial charge in [-0.25, -0.2) is 4.98 Å². The number of hydrogen-bond donors (Lipinski definition) is 0. The Morgan fingerprint density at radius 3 is 3.08 bits per heavy atom. The zero-order valence-corrected chi connectivity index (χ0v) is 14.3. The summed E-state index contributed by atoms with van der Waals surface area (Å²) in [5.41, 5.74) is 6.47. The minimum absolute atomic E-state index is 0.151. The van der Waals surface area contributed by atoms with E-state index in [1.165, 1.54) is 11.1 Å². The van der Waals surface area contributed by atoms with Crippen LogP contribution in [0.5, 0.6) is 0 Å². The fourth-order valence-electron chi connectivity index (χ4n) is 3.79. The van der Waals surface area contributed by atoms with Crippen molar-refractivity contribution < 1.29 is 9.25 Å². The first kappa shape index (κ1) is 15.0. The van der Waals surface area contributed by atoms with Gasteiger partial charge in [0.15, 0.2) is 0 Å². The van der Waals surface area contributed by atoms with Gasteiger partial charge in [-0.15, -0.1) is 0 Å². The predicted molar refractivity (Wildman–Crippen MR) is 100 cm³/mol. The fraction of sp³-hybridized carbons (Fsp3) is 0.143. The van der Waals surface area contributed by atoms with E-state index in [1.807, 2.05) is 30.7 Å². The molecule has 3 heterocycles. The quantitative estimate of drug-likeness (QED) is 0.401. The average Bonchev–Trinajstić information content (AvgIpc) is 3.38. The second-order valence-electron chi connectivity index (χ2n) is 6.39. The number of imidazole rings is 1. The van der Waals surface area contributed by atoms with Crippen LogP contribution in [0.25, 0.3) is 22.2 Å². The normalized spacial score (nSPS) is 15.9. The largest absolute Gasteiger partial charge is 0.464 e. The molecule has 1 aliphatic heterocycles. The Kier molecular flexibility index (Phi) is 3.38. The zero-order valence-electron chi connectivity index (χ0n) is 14.3. The first-order chi connectivity index (χ1) is 12.8. The van der Waals surface area contributed by atoms with E-state index in [9.17, 15) is 0 Å². The smallest absolute Gasteiger partial charge is 0.133 e. The number of rotatable bonds is 4. The Hall–Kier alpha value is -3.34. The lowest BCUT2D eigenvalue weighted by Gasteiger charge is -2.16. The highest BCUT2D eigenvalue weighted by Crippen LogP contribution is 2.41. The molecule has 4 aromatic rings. The van der Waals surface area contributed by atoms with Crippen LogP contribution in [0.3, 0.4) is 0 Å². The molecule has 128 valence electrons. The molecule has 0 N–H and O–H groups in total. The number of nitrogens with zero attached hydrogens (tertiary/aromatic N) is 3. The number of aromatic nitrogens is 2. The van der Waals surface area contributed by atoms with Gasteiger partial charge in [0.2, 0.25) is 0 Å². The average molecular weight is 343 g/mol. The van der Waals surface area contributed by atoms with Crippen LogP contribution >= 0.6 is 0 Å². The minimum Gasteiger partial charge on any atom is -0.464 e. The Bertz CT molecular complexity index is 1120. The van der Waals surface area contributed by atoms with Crippen LogP contribution in [-0.2, 0) is 4.84 Å². The van der Waals surface area contributed by atoms with Crippen molar-refractivity contribution >= 4 is 16.7 Å². The summed E-state index contributed by atoms with van der Waals surface area (Å²) < 4.78 is 7.66. The molecule has 0 radical (unpaired) electrons. The Morgan fingerprint density at radius 2 is 2.15 bits per heavy atom. The van der Waals surface area contributed by atoms with Crippen LogP contribution in [0.1, 0.15) is 23.6 Å². The number of hydrogen-bond acceptors (Lipinski definition) is 4. The van der Waals surface area contributed by atoms with Gasteiger partial charge < -0.3 is 13.8 Å². The topological polar surface area (TPSA) is 52.6 Å². The van der Waals surface area contributed by atoms with E-state index in [-0.39, 0.29) is 6.04 Å². The first-order valence-corrected chi connectivity index (χ1v) is 8.54. The van der Waals surface area contributed by atoms with Gasteiger partial charge in [-0.2, -0.15) is 0 Å². The van der Waals surface area contributed by atoms with Gasteiger partial charge in [0, 0.05) is 22.9 Å². The van der Waals surface area contributed by atoms with Crippen LogP contribution in [0, 0.1) is 0 Å². The van der Waals surface area contributed by atoms with Gasteiger partial charge in [0.25, 0.3) is 0 Å². The number of benzene rings is 2. The maximum atomic E-state index is 5.45. The molecular weight excluding hydrogens is 326 g/mol. The molecule has 0 aliphatic carbocycles. The van der Waals surface area contributed by atoms with Crippen molar-refractivity contribution in [3.63, 3.8) is 0 Å². The highest BCUT2D eigenvalue weighted by atomic mass is 16.6. The summed E-state index contributed by atoms with van der Waals surface area (Å²) in [5, 5.41) is 5.39. The van der Waals surface area contributed by atoms with Gasteiger partial charge in [0.1, 0.15) is 12.7 Å². The maximum Gasteiger partial charge on any atom is 0.133 e. The summed E-state index contributed by atoms with van der Waals surface area (Å²) in [4.78, 5) is 9.49. The summed E-state index contributed by atoms with van der Waals surface area (Å²) in [6.45, 7) is 0. The van der Waals surface area contributed by atoms with E-state index in [0.29, 0.717) is 0 Å². The van der Waals surface area contributed by atoms with Crippen LogP contribution in [-0.4, -0.2) is 22.4 Å². The molecule has 1 atom stereocenters. The standard InChI is InChI=1S/C21H17N3O2/c1-25-23-18(14-6-7-21-15(10-14)8-9-26-21)11-19-16-4-2-3-5-17(16)20-12-22-13-24(19)20/h2-10,12-13,19H,11H2,1H3. The van der Waals surface area contributed by atoms with Gasteiger partial charge >= 0.3 is 0 Å². The van der Waals surface area contributed by atoms with Gasteiger partial charge in [-0.3, -0.25) is 0 Å². The molecule has 5 nitrogen and oxygen atoms in total. The third-order valence-electron chi connectivity index (χ3n) is 4.97. The number of fused-ring (bicyclic) bond motifs is 4. The van der Waals surface area contributed by atoms with E-state index >= 15 is 0 Å². The molecule has 2 aromatic carbocycles. The molecule has 0 saturated carbocycles. The summed E-state index contributed by atoms with van der Waals surface area (Å²) in [5.74, 6) is 0. The lowest BCUT2D eigenvalue weighted by Crippen LogP contribution is -2.13. The highest BCUT2D eigenvalue weighted by molar-refractivity contribution is 6.03. The Balaban J connectivity index is 1.57. The van der Waals surface area contributed by atoms with Gasteiger partial charge in [-0.1, -0.05) is 29.4 Å². The minimum atomic E-state index is 0.151. The SMILES string of the molecule is CON=C(CC1c2ccccc2-c2cncn21)c1ccc2occc2c1. The molecule has 1 aliphatic rings. The van der Waals surface area contributed by atoms with E-state index in [1.54, 1.807) is 13.4 Å². The molecule has 5 heteroatoms. The maximum absolute atomic E-state index is 5.45. The summed E-state index contributed by atoms with van der Waals surface area (Å²) in [6, 6.07) is 16.7. The lowest BCUT2D eigenvalue weighted by molar-refractivity contribution is 0.212. The first-order valence-electron chi connectivity index (χ1n) is 8.54. The van der Waals surface area contributed by atoms with Crippen molar-refractivity contribution in [2.75, 3.05) is 7.11 Å².